The van der Waals surface area contributed by atoms with E-state index in [2.05, 4.69) is 32.9 Å². The van der Waals surface area contributed by atoms with Crippen molar-refractivity contribution >= 4 is 23.7 Å². The van der Waals surface area contributed by atoms with Crippen molar-refractivity contribution in [3.63, 3.8) is 0 Å². The van der Waals surface area contributed by atoms with Crippen molar-refractivity contribution in [2.24, 2.45) is 29.1 Å². The van der Waals surface area contributed by atoms with E-state index in [-0.39, 0.29) is 47.9 Å². The molecular formula is C44H64O9. The number of rotatable bonds is 3. The van der Waals surface area contributed by atoms with Crippen LogP contribution >= 0.6 is 0 Å². The lowest BCUT2D eigenvalue weighted by atomic mass is 9.53. The molecule has 0 aromatic rings. The largest absolute Gasteiger partial charge is 0.462 e. The van der Waals surface area contributed by atoms with Crippen molar-refractivity contribution in [1.29, 1.82) is 0 Å². The van der Waals surface area contributed by atoms with E-state index in [1.165, 1.54) is 13.8 Å². The Balaban J connectivity index is 1.70. The van der Waals surface area contributed by atoms with Gasteiger partial charge < -0.3 is 24.1 Å². The maximum absolute atomic E-state index is 15.0. The quantitative estimate of drug-likeness (QED) is 0.173. The Bertz CT molecular complexity index is 1580. The molecule has 3 heterocycles. The number of hydrogen-bond donors (Lipinski definition) is 1. The van der Waals surface area contributed by atoms with E-state index in [9.17, 15) is 24.3 Å². The fourth-order valence-electron chi connectivity index (χ4n) is 10.4. The second-order valence-electron chi connectivity index (χ2n) is 17.9. The molecule has 4 bridgehead atoms. The summed E-state index contributed by atoms with van der Waals surface area (Å²) in [6.45, 7) is 19.0. The lowest BCUT2D eigenvalue weighted by Gasteiger charge is -2.46. The fourth-order valence-corrected chi connectivity index (χ4v) is 10.4. The number of aliphatic hydroxyl groups is 1. The van der Waals surface area contributed by atoms with Crippen LogP contribution in [0.3, 0.4) is 0 Å². The van der Waals surface area contributed by atoms with E-state index in [1.54, 1.807) is 6.08 Å². The van der Waals surface area contributed by atoms with Gasteiger partial charge in [-0.3, -0.25) is 19.2 Å². The number of hydrogen-bond acceptors (Lipinski definition) is 9. The molecule has 1 N–H and O–H groups in total. The molecular weight excluding hydrogens is 672 g/mol. The van der Waals surface area contributed by atoms with Crippen LogP contribution in [0.2, 0.25) is 0 Å². The Hall–Kier alpha value is -3.04. The zero-order chi connectivity index (χ0) is 39.0. The highest BCUT2D eigenvalue weighted by atomic mass is 16.6. The Morgan fingerprint density at radius 3 is 2.26 bits per heavy atom. The smallest absolute Gasteiger partial charge is 0.314 e. The Labute approximate surface area is 317 Å². The molecule has 10 atom stereocenters. The van der Waals surface area contributed by atoms with Crippen LogP contribution < -0.4 is 0 Å². The second kappa shape index (κ2) is 16.0. The first-order valence-corrected chi connectivity index (χ1v) is 19.9. The van der Waals surface area contributed by atoms with E-state index in [1.807, 2.05) is 34.6 Å². The van der Waals surface area contributed by atoms with Crippen LogP contribution in [0.4, 0.5) is 0 Å². The number of allylic oxidation sites excluding steroid dienone is 7. The van der Waals surface area contributed by atoms with Crippen LogP contribution in [-0.4, -0.2) is 64.4 Å². The van der Waals surface area contributed by atoms with Gasteiger partial charge in [-0.15, -0.1) is 0 Å². The van der Waals surface area contributed by atoms with Gasteiger partial charge in [-0.2, -0.15) is 0 Å². The van der Waals surface area contributed by atoms with Gasteiger partial charge in [-0.25, -0.2) is 0 Å². The number of fused-ring (bicyclic) bond motifs is 3. The minimum absolute atomic E-state index is 0.000361. The van der Waals surface area contributed by atoms with E-state index < -0.39 is 47.0 Å². The SMILES string of the molecule is CC(=O)O[C@H]1CC(C)=CCCC(C)=CC(=O)C[C@@]23C(=O)O[C@H]([C@H]1C(C)C)[C@@H]2CC(C)=C1CC[C@](C)(O)[C@@H]2CC[C@@](C)(O2)[C@H](OC(C)=O)CCC(C)=C[C@@H]13. The Kier molecular flexibility index (Phi) is 12.4. The van der Waals surface area contributed by atoms with Crippen molar-refractivity contribution < 1.29 is 43.2 Å². The molecule has 0 saturated carbocycles. The molecule has 0 spiro atoms. The Morgan fingerprint density at radius 1 is 0.906 bits per heavy atom. The highest BCUT2D eigenvalue weighted by molar-refractivity contribution is 5.96. The molecule has 0 amide bonds. The molecule has 9 nitrogen and oxygen atoms in total. The molecule has 0 aromatic heterocycles. The van der Waals surface area contributed by atoms with Crippen LogP contribution in [0, 0.1) is 29.1 Å². The number of ether oxygens (including phenoxy) is 4. The van der Waals surface area contributed by atoms with Gasteiger partial charge in [0.1, 0.15) is 23.9 Å². The lowest BCUT2D eigenvalue weighted by Crippen LogP contribution is -2.49. The average molecular weight is 737 g/mol. The number of carbonyl (C=O) groups is 4. The maximum atomic E-state index is 15.0. The van der Waals surface area contributed by atoms with Crippen molar-refractivity contribution in [2.75, 3.05) is 0 Å². The van der Waals surface area contributed by atoms with Gasteiger partial charge in [0.2, 0.25) is 0 Å². The van der Waals surface area contributed by atoms with Crippen LogP contribution in [-0.2, 0) is 38.1 Å². The van der Waals surface area contributed by atoms with Gasteiger partial charge >= 0.3 is 17.9 Å². The third kappa shape index (κ3) is 8.61. The van der Waals surface area contributed by atoms with Gasteiger partial charge in [0.05, 0.1) is 17.1 Å². The van der Waals surface area contributed by atoms with E-state index in [0.29, 0.717) is 57.8 Å². The predicted molar refractivity (Wildman–Crippen MR) is 202 cm³/mol. The third-order valence-corrected chi connectivity index (χ3v) is 13.2. The Morgan fingerprint density at radius 2 is 1.60 bits per heavy atom. The highest BCUT2D eigenvalue weighted by Gasteiger charge is 2.66. The van der Waals surface area contributed by atoms with Crippen LogP contribution in [0.5, 0.6) is 0 Å². The molecule has 0 unspecified atom stereocenters. The average Bonchev–Trinajstić information content (AvgIpc) is 3.56. The van der Waals surface area contributed by atoms with Gasteiger partial charge in [0, 0.05) is 44.4 Å². The van der Waals surface area contributed by atoms with Gasteiger partial charge in [-0.1, -0.05) is 53.9 Å². The topological polar surface area (TPSA) is 125 Å². The van der Waals surface area contributed by atoms with E-state index in [0.717, 1.165) is 34.3 Å². The van der Waals surface area contributed by atoms with Gasteiger partial charge in [-0.05, 0) is 111 Å². The zero-order valence-electron chi connectivity index (χ0n) is 33.8. The van der Waals surface area contributed by atoms with Crippen LogP contribution in [0.1, 0.15) is 140 Å². The summed E-state index contributed by atoms with van der Waals surface area (Å²) < 4.78 is 25.2. The molecule has 0 radical (unpaired) electrons. The molecule has 294 valence electrons. The summed E-state index contributed by atoms with van der Waals surface area (Å²) in [6.07, 6.45) is 9.77. The highest BCUT2D eigenvalue weighted by Crippen LogP contribution is 2.61. The first kappa shape index (κ1) is 41.1. The number of carbonyl (C=O) groups excluding carboxylic acids is 4. The molecule has 53 heavy (non-hydrogen) atoms. The summed E-state index contributed by atoms with van der Waals surface area (Å²) in [5, 5.41) is 12.0. The van der Waals surface area contributed by atoms with Gasteiger partial charge in [0.25, 0.3) is 0 Å². The third-order valence-electron chi connectivity index (χ3n) is 13.2. The molecule has 0 aromatic carbocycles. The van der Waals surface area contributed by atoms with Crippen molar-refractivity contribution in [3.8, 4) is 0 Å². The zero-order valence-corrected chi connectivity index (χ0v) is 33.8. The molecule has 2 aliphatic carbocycles. The molecule has 5 aliphatic rings. The maximum Gasteiger partial charge on any atom is 0.314 e. The minimum Gasteiger partial charge on any atom is -0.462 e. The molecule has 2 saturated heterocycles. The number of ketones is 1. The minimum atomic E-state index is -1.21. The summed E-state index contributed by atoms with van der Waals surface area (Å²) in [7, 11) is 0. The standard InChI is InChI=1S/C44H64O9/c1-25(2)39-36(50-30(7)45)22-27(4)13-11-12-26(3)20-32(47)24-44-34-21-28(5)14-15-38(51-31(8)46)43(10)19-17-37(53-43)42(9,49)18-16-33(34)29(6)23-35(44)40(39)52-41(44)48/h13,20-21,25,34-40,49H,11-12,14-19,22-24H2,1-10H3/t34-,35-,36-,37-,38+,39-,40-,42-,43+,44-/m0/s1. The predicted octanol–water partition coefficient (Wildman–Crippen LogP) is 8.23. The monoisotopic (exact) mass is 736 g/mol. The summed E-state index contributed by atoms with van der Waals surface area (Å²) in [6, 6.07) is 0. The van der Waals surface area contributed by atoms with Crippen LogP contribution in [0.25, 0.3) is 0 Å². The molecule has 3 aliphatic heterocycles. The van der Waals surface area contributed by atoms with Gasteiger partial charge in [0.15, 0.2) is 5.78 Å². The number of esters is 3. The molecule has 5 rings (SSSR count). The second-order valence-corrected chi connectivity index (χ2v) is 17.9. The van der Waals surface area contributed by atoms with Crippen molar-refractivity contribution in [1.82, 2.24) is 0 Å². The summed E-state index contributed by atoms with van der Waals surface area (Å²) in [5.41, 5.74) is 2.10. The van der Waals surface area contributed by atoms with E-state index >= 15 is 0 Å². The molecule has 9 heteroatoms. The molecule has 2 fully saturated rings. The van der Waals surface area contributed by atoms with Crippen LogP contribution in [0.15, 0.2) is 46.1 Å². The summed E-state index contributed by atoms with van der Waals surface area (Å²) >= 11 is 0. The normalized spacial score (nSPS) is 38.8. The fraction of sp³-hybridized carbons (Fsp3) is 0.727. The van der Waals surface area contributed by atoms with E-state index in [4.69, 9.17) is 18.9 Å². The van der Waals surface area contributed by atoms with Crippen molar-refractivity contribution in [3.05, 3.63) is 46.1 Å². The first-order valence-electron chi connectivity index (χ1n) is 19.9. The summed E-state index contributed by atoms with van der Waals surface area (Å²) in [4.78, 5) is 54.2. The summed E-state index contributed by atoms with van der Waals surface area (Å²) in [5.74, 6) is -2.37. The lowest BCUT2D eigenvalue weighted by molar-refractivity contribution is -0.183. The van der Waals surface area contributed by atoms with Crippen molar-refractivity contribution in [2.45, 2.75) is 175 Å². The first-order chi connectivity index (χ1) is 24.8.